The highest BCUT2D eigenvalue weighted by atomic mass is 16.2. The second-order valence-electron chi connectivity index (χ2n) is 7.21. The zero-order valence-electron chi connectivity index (χ0n) is 15.6. The minimum Gasteiger partial charge on any atom is -0.341 e. The number of carbonyl (C=O) groups excluding carboxylic acids is 2. The number of nitrogens with one attached hydrogen (secondary N) is 1. The highest BCUT2D eigenvalue weighted by Crippen LogP contribution is 2.17. The first-order valence-corrected chi connectivity index (χ1v) is 8.62. The zero-order valence-corrected chi connectivity index (χ0v) is 15.6. The number of nitrogens with zero attached hydrogens (tertiary/aromatic N) is 3. The average Bonchev–Trinajstić information content (AvgIpc) is 3.12. The molecule has 0 saturated carbocycles. The monoisotopic (exact) mass is 357 g/mol. The molecule has 0 atom stereocenters. The molecule has 2 rings (SSSR count). The molecule has 3 N–H and O–H groups in total. The van der Waals surface area contributed by atoms with E-state index in [1.54, 1.807) is 48.7 Å². The summed E-state index contributed by atoms with van der Waals surface area (Å²) in [5.41, 5.74) is 6.74. The third-order valence-electron chi connectivity index (χ3n) is 4.11. The summed E-state index contributed by atoms with van der Waals surface area (Å²) < 4.78 is 1.84. The zero-order chi connectivity index (χ0) is 19.2. The molecular weight excluding hydrogens is 330 g/mol. The van der Waals surface area contributed by atoms with Gasteiger partial charge >= 0.3 is 0 Å². The number of nitrogens with two attached hydrogens (primary N) is 1. The van der Waals surface area contributed by atoms with Gasteiger partial charge < -0.3 is 20.5 Å². The van der Waals surface area contributed by atoms with E-state index in [4.69, 9.17) is 5.73 Å². The number of carbonyl (C=O) groups is 2. The first-order valence-electron chi connectivity index (χ1n) is 8.62. The molecule has 140 valence electrons. The van der Waals surface area contributed by atoms with Gasteiger partial charge in [0.05, 0.1) is 6.33 Å². The van der Waals surface area contributed by atoms with Gasteiger partial charge in [0.15, 0.2) is 0 Å². The standard InChI is InChI=1S/C19H27N5O2/c1-19(2,12-20)13-23(3)18(26)15-5-4-6-16(11-15)22-17(25)7-9-24-10-8-21-14-24/h4-6,8,10-11,14H,7,9,12-13,20H2,1-3H3,(H,22,25). The van der Waals surface area contributed by atoms with E-state index in [0.717, 1.165) is 0 Å². The van der Waals surface area contributed by atoms with Gasteiger partial charge in [-0.3, -0.25) is 9.59 Å². The summed E-state index contributed by atoms with van der Waals surface area (Å²) in [5.74, 6) is -0.207. The van der Waals surface area contributed by atoms with Crippen LogP contribution in [-0.4, -0.2) is 46.4 Å². The molecule has 1 aromatic heterocycles. The van der Waals surface area contributed by atoms with Crippen LogP contribution < -0.4 is 11.1 Å². The maximum atomic E-state index is 12.6. The Labute approximate surface area is 154 Å². The van der Waals surface area contributed by atoms with E-state index < -0.39 is 0 Å². The molecule has 2 amide bonds. The van der Waals surface area contributed by atoms with Gasteiger partial charge in [-0.15, -0.1) is 0 Å². The summed E-state index contributed by atoms with van der Waals surface area (Å²) in [7, 11) is 1.76. The van der Waals surface area contributed by atoms with Crippen LogP contribution in [0.2, 0.25) is 0 Å². The fourth-order valence-electron chi connectivity index (χ4n) is 2.60. The topological polar surface area (TPSA) is 93.3 Å². The third-order valence-corrected chi connectivity index (χ3v) is 4.11. The van der Waals surface area contributed by atoms with Crippen molar-refractivity contribution in [2.24, 2.45) is 11.1 Å². The Morgan fingerprint density at radius 3 is 2.77 bits per heavy atom. The molecule has 0 radical (unpaired) electrons. The normalized spacial score (nSPS) is 11.2. The van der Waals surface area contributed by atoms with Crippen molar-refractivity contribution >= 4 is 17.5 Å². The van der Waals surface area contributed by atoms with Crippen molar-refractivity contribution in [3.63, 3.8) is 0 Å². The smallest absolute Gasteiger partial charge is 0.253 e. The lowest BCUT2D eigenvalue weighted by Crippen LogP contribution is -2.39. The van der Waals surface area contributed by atoms with E-state index >= 15 is 0 Å². The van der Waals surface area contributed by atoms with Crippen LogP contribution in [-0.2, 0) is 11.3 Å². The highest BCUT2D eigenvalue weighted by molar-refractivity contribution is 5.97. The van der Waals surface area contributed by atoms with Crippen LogP contribution in [0.15, 0.2) is 43.0 Å². The molecule has 0 unspecified atom stereocenters. The van der Waals surface area contributed by atoms with Gasteiger partial charge in [-0.2, -0.15) is 0 Å². The molecule has 0 aliphatic heterocycles. The maximum absolute atomic E-state index is 12.6. The molecule has 7 nitrogen and oxygen atoms in total. The van der Waals surface area contributed by atoms with Crippen molar-refractivity contribution in [2.75, 3.05) is 25.5 Å². The Hall–Kier alpha value is -2.67. The maximum Gasteiger partial charge on any atom is 0.253 e. The van der Waals surface area contributed by atoms with Crippen molar-refractivity contribution in [1.29, 1.82) is 0 Å². The van der Waals surface area contributed by atoms with Crippen molar-refractivity contribution in [1.82, 2.24) is 14.5 Å². The quantitative estimate of drug-likeness (QED) is 0.755. The molecule has 26 heavy (non-hydrogen) atoms. The van der Waals surface area contributed by atoms with Crippen LogP contribution >= 0.6 is 0 Å². The molecule has 0 saturated heterocycles. The number of benzene rings is 1. The number of anilines is 1. The van der Waals surface area contributed by atoms with Crippen molar-refractivity contribution in [3.8, 4) is 0 Å². The van der Waals surface area contributed by atoms with E-state index in [2.05, 4.69) is 10.3 Å². The van der Waals surface area contributed by atoms with Crippen LogP contribution in [0.25, 0.3) is 0 Å². The second kappa shape index (κ2) is 8.62. The van der Waals surface area contributed by atoms with Gasteiger partial charge in [0.1, 0.15) is 0 Å². The molecule has 0 aliphatic rings. The number of rotatable bonds is 8. The molecule has 0 fully saturated rings. The van der Waals surface area contributed by atoms with E-state index in [1.807, 2.05) is 24.6 Å². The number of aromatic nitrogens is 2. The lowest BCUT2D eigenvalue weighted by molar-refractivity contribution is -0.116. The van der Waals surface area contributed by atoms with E-state index in [9.17, 15) is 9.59 Å². The van der Waals surface area contributed by atoms with Gasteiger partial charge in [0, 0.05) is 50.2 Å². The van der Waals surface area contributed by atoms with Gasteiger partial charge in [0.25, 0.3) is 5.91 Å². The predicted molar refractivity (Wildman–Crippen MR) is 102 cm³/mol. The van der Waals surface area contributed by atoms with Crippen LogP contribution in [0.5, 0.6) is 0 Å². The first-order chi connectivity index (χ1) is 12.3. The molecule has 0 spiro atoms. The van der Waals surface area contributed by atoms with Gasteiger partial charge in [-0.05, 0) is 30.2 Å². The highest BCUT2D eigenvalue weighted by Gasteiger charge is 2.22. The van der Waals surface area contributed by atoms with Crippen LogP contribution in [0.3, 0.4) is 0 Å². The summed E-state index contributed by atoms with van der Waals surface area (Å²) in [4.78, 5) is 30.3. The number of amides is 2. The average molecular weight is 357 g/mol. The van der Waals surface area contributed by atoms with Crippen LogP contribution in [0, 0.1) is 5.41 Å². The Kier molecular flexibility index (Phi) is 6.52. The predicted octanol–water partition coefficient (Wildman–Crippen LogP) is 1.97. The fraction of sp³-hybridized carbons (Fsp3) is 0.421. The summed E-state index contributed by atoms with van der Waals surface area (Å²) in [5, 5.41) is 2.83. The third kappa shape index (κ3) is 5.70. The molecule has 2 aromatic rings. The van der Waals surface area contributed by atoms with Crippen LogP contribution in [0.4, 0.5) is 5.69 Å². The minimum absolute atomic E-state index is 0.0963. The number of aryl methyl sites for hydroxylation is 1. The Morgan fingerprint density at radius 1 is 1.35 bits per heavy atom. The summed E-state index contributed by atoms with van der Waals surface area (Å²) in [6.07, 6.45) is 5.49. The Balaban J connectivity index is 1.96. The molecule has 1 heterocycles. The molecule has 0 bridgehead atoms. The molecular formula is C19H27N5O2. The lowest BCUT2D eigenvalue weighted by atomic mass is 9.93. The largest absolute Gasteiger partial charge is 0.341 e. The molecule has 1 aromatic carbocycles. The fourth-order valence-corrected chi connectivity index (χ4v) is 2.60. The Morgan fingerprint density at radius 2 is 2.12 bits per heavy atom. The SMILES string of the molecule is CN(CC(C)(C)CN)C(=O)c1cccc(NC(=O)CCn2ccnc2)c1. The number of hydrogen-bond acceptors (Lipinski definition) is 4. The van der Waals surface area contributed by atoms with Gasteiger partial charge in [-0.1, -0.05) is 19.9 Å². The van der Waals surface area contributed by atoms with E-state index in [0.29, 0.717) is 37.3 Å². The molecule has 7 heteroatoms. The molecule has 0 aliphatic carbocycles. The summed E-state index contributed by atoms with van der Waals surface area (Å²) in [6.45, 7) is 5.66. The van der Waals surface area contributed by atoms with Gasteiger partial charge in [0.2, 0.25) is 5.91 Å². The van der Waals surface area contributed by atoms with E-state index in [-0.39, 0.29) is 17.2 Å². The minimum atomic E-state index is -0.149. The lowest BCUT2D eigenvalue weighted by Gasteiger charge is -2.29. The Bertz CT molecular complexity index is 740. The van der Waals surface area contributed by atoms with Gasteiger partial charge in [-0.25, -0.2) is 4.98 Å². The number of imidazole rings is 1. The van der Waals surface area contributed by atoms with Crippen LogP contribution in [0.1, 0.15) is 30.6 Å². The van der Waals surface area contributed by atoms with E-state index in [1.165, 1.54) is 0 Å². The second-order valence-corrected chi connectivity index (χ2v) is 7.21. The summed E-state index contributed by atoms with van der Waals surface area (Å²) in [6, 6.07) is 6.98. The first kappa shape index (κ1) is 19.7. The van der Waals surface area contributed by atoms with Crippen molar-refractivity contribution < 1.29 is 9.59 Å². The summed E-state index contributed by atoms with van der Waals surface area (Å²) >= 11 is 0. The number of hydrogen-bond donors (Lipinski definition) is 2. The van der Waals surface area contributed by atoms with Crippen molar-refractivity contribution in [2.45, 2.75) is 26.8 Å². The van der Waals surface area contributed by atoms with Crippen molar-refractivity contribution in [3.05, 3.63) is 48.5 Å².